The summed E-state index contributed by atoms with van der Waals surface area (Å²) in [5.41, 5.74) is 9.97. The van der Waals surface area contributed by atoms with E-state index in [1.54, 1.807) is 12.4 Å². The number of nitrogen functional groups attached to an aromatic ring is 1. The summed E-state index contributed by atoms with van der Waals surface area (Å²) in [4.78, 5) is 31.4. The van der Waals surface area contributed by atoms with E-state index in [0.29, 0.717) is 18.3 Å². The number of rotatable bonds is 8. The second-order valence-corrected chi connectivity index (χ2v) is 11.0. The second kappa shape index (κ2) is 13.1. The number of carbonyl (C=O) groups excluding carboxylic acids is 1. The number of aliphatic imine (C=N–C) groups is 1. The third-order valence-electron chi connectivity index (χ3n) is 8.38. The topological polar surface area (TPSA) is 96.9 Å². The Morgan fingerprint density at radius 2 is 1.88 bits per heavy atom. The van der Waals surface area contributed by atoms with E-state index >= 15 is 0 Å². The van der Waals surface area contributed by atoms with Crippen LogP contribution in [0, 0.1) is 11.8 Å². The predicted octanol–water partition coefficient (Wildman–Crippen LogP) is 5.17. The van der Waals surface area contributed by atoms with Crippen LogP contribution < -0.4 is 10.5 Å². The van der Waals surface area contributed by atoms with Gasteiger partial charge in [-0.3, -0.25) is 9.79 Å². The lowest BCUT2D eigenvalue weighted by molar-refractivity contribution is -0.128. The van der Waals surface area contributed by atoms with E-state index in [9.17, 15) is 4.79 Å². The summed E-state index contributed by atoms with van der Waals surface area (Å²) in [5.74, 6) is 2.74. The first-order chi connectivity index (χ1) is 19.9. The van der Waals surface area contributed by atoms with Crippen molar-refractivity contribution >= 4 is 17.4 Å². The molecule has 0 spiro atoms. The molecule has 2 aliphatic rings. The van der Waals surface area contributed by atoms with Crippen LogP contribution in [0.25, 0.3) is 0 Å². The Kier molecular flexibility index (Phi) is 9.09. The SMILES string of the molecule is CCN(C)CC=CC(=O)N1CCCC(C2CN=C(c3ccc(Oc4ccccc4)cc3)c3c(N)ncnc3C2C)C1. The summed E-state index contributed by atoms with van der Waals surface area (Å²) >= 11 is 0. The van der Waals surface area contributed by atoms with Crippen molar-refractivity contribution in [2.24, 2.45) is 16.8 Å². The second-order valence-electron chi connectivity index (χ2n) is 11.0. The van der Waals surface area contributed by atoms with Gasteiger partial charge in [0.2, 0.25) is 5.91 Å². The molecule has 2 aliphatic heterocycles. The Morgan fingerprint density at radius 3 is 2.63 bits per heavy atom. The van der Waals surface area contributed by atoms with Gasteiger partial charge in [0, 0.05) is 43.7 Å². The van der Waals surface area contributed by atoms with Crippen LogP contribution in [-0.2, 0) is 4.79 Å². The molecule has 2 N–H and O–H groups in total. The molecular formula is C33H40N6O2. The van der Waals surface area contributed by atoms with Gasteiger partial charge in [-0.25, -0.2) is 9.97 Å². The highest BCUT2D eigenvalue weighted by Gasteiger charge is 2.37. The van der Waals surface area contributed by atoms with Crippen molar-refractivity contribution in [2.45, 2.75) is 32.6 Å². The van der Waals surface area contributed by atoms with Gasteiger partial charge in [-0.2, -0.15) is 0 Å². The number of para-hydroxylation sites is 1. The smallest absolute Gasteiger partial charge is 0.246 e. The number of nitrogens with two attached hydrogens (primary N) is 1. The summed E-state index contributed by atoms with van der Waals surface area (Å²) < 4.78 is 5.99. The van der Waals surface area contributed by atoms with Crippen molar-refractivity contribution in [3.63, 3.8) is 0 Å². The van der Waals surface area contributed by atoms with Crippen LogP contribution in [-0.4, -0.2) is 71.2 Å². The van der Waals surface area contributed by atoms with Crippen molar-refractivity contribution in [1.29, 1.82) is 0 Å². The first kappa shape index (κ1) is 28.5. The van der Waals surface area contributed by atoms with E-state index in [1.165, 1.54) is 0 Å². The lowest BCUT2D eigenvalue weighted by atomic mass is 9.76. The maximum Gasteiger partial charge on any atom is 0.246 e. The summed E-state index contributed by atoms with van der Waals surface area (Å²) in [6.07, 6.45) is 7.30. The number of likely N-dealkylation sites (N-methyl/N-ethyl adjacent to an activating group) is 1. The van der Waals surface area contributed by atoms with Gasteiger partial charge in [0.25, 0.3) is 0 Å². The number of fused-ring (bicyclic) bond motifs is 1. The number of hydrogen-bond acceptors (Lipinski definition) is 7. The number of benzene rings is 2. The molecule has 3 unspecified atom stereocenters. The Bertz CT molecular complexity index is 1390. The highest BCUT2D eigenvalue weighted by molar-refractivity contribution is 6.16. The Labute approximate surface area is 243 Å². The quantitative estimate of drug-likeness (QED) is 0.388. The zero-order chi connectivity index (χ0) is 28.8. The van der Waals surface area contributed by atoms with Gasteiger partial charge >= 0.3 is 0 Å². The molecule has 0 saturated carbocycles. The molecule has 3 aromatic rings. The first-order valence-electron chi connectivity index (χ1n) is 14.6. The average Bonchev–Trinajstić information content (AvgIpc) is 3.15. The number of likely N-dealkylation sites (tertiary alicyclic amines) is 1. The molecule has 1 saturated heterocycles. The van der Waals surface area contributed by atoms with E-state index < -0.39 is 0 Å². The van der Waals surface area contributed by atoms with Crippen LogP contribution in [0.15, 0.2) is 78.1 Å². The number of aromatic nitrogens is 2. The van der Waals surface area contributed by atoms with Gasteiger partial charge in [-0.1, -0.05) is 38.1 Å². The minimum absolute atomic E-state index is 0.0921. The van der Waals surface area contributed by atoms with Gasteiger partial charge in [0.05, 0.1) is 17.0 Å². The number of ether oxygens (including phenoxy) is 1. The van der Waals surface area contributed by atoms with Gasteiger partial charge in [0.15, 0.2) is 0 Å². The Balaban J connectivity index is 1.37. The van der Waals surface area contributed by atoms with Crippen LogP contribution in [0.1, 0.15) is 49.4 Å². The number of carbonyl (C=O) groups is 1. The van der Waals surface area contributed by atoms with Crippen LogP contribution >= 0.6 is 0 Å². The first-order valence-corrected chi connectivity index (χ1v) is 14.6. The Hall–Kier alpha value is -4.04. The fourth-order valence-corrected chi connectivity index (χ4v) is 5.86. The van der Waals surface area contributed by atoms with Gasteiger partial charge in [-0.05, 0) is 74.7 Å². The van der Waals surface area contributed by atoms with Crippen LogP contribution in [0.5, 0.6) is 11.5 Å². The molecule has 214 valence electrons. The maximum atomic E-state index is 13.0. The highest BCUT2D eigenvalue weighted by Crippen LogP contribution is 2.39. The molecule has 1 aromatic heterocycles. The molecule has 8 nitrogen and oxygen atoms in total. The molecule has 2 aromatic carbocycles. The predicted molar refractivity (Wildman–Crippen MR) is 163 cm³/mol. The van der Waals surface area contributed by atoms with E-state index in [-0.39, 0.29) is 17.7 Å². The van der Waals surface area contributed by atoms with Crippen molar-refractivity contribution in [3.05, 3.63) is 89.9 Å². The van der Waals surface area contributed by atoms with Crippen molar-refractivity contribution in [1.82, 2.24) is 19.8 Å². The summed E-state index contributed by atoms with van der Waals surface area (Å²) in [6, 6.07) is 17.7. The van der Waals surface area contributed by atoms with Gasteiger partial charge < -0.3 is 20.3 Å². The molecule has 1 amide bonds. The molecule has 5 rings (SSSR count). The molecule has 0 aliphatic carbocycles. The fourth-order valence-electron chi connectivity index (χ4n) is 5.86. The number of piperidine rings is 1. The molecule has 3 atom stereocenters. The van der Waals surface area contributed by atoms with Crippen molar-refractivity contribution in [2.75, 3.05) is 45.5 Å². The minimum Gasteiger partial charge on any atom is -0.457 e. The van der Waals surface area contributed by atoms with Crippen molar-refractivity contribution in [3.8, 4) is 11.5 Å². The molecule has 1 fully saturated rings. The van der Waals surface area contributed by atoms with E-state index in [4.69, 9.17) is 20.4 Å². The van der Waals surface area contributed by atoms with Crippen molar-refractivity contribution < 1.29 is 9.53 Å². The molecule has 0 bridgehead atoms. The van der Waals surface area contributed by atoms with E-state index in [1.807, 2.05) is 65.6 Å². The number of hydrogen-bond donors (Lipinski definition) is 1. The fraction of sp³-hybridized carbons (Fsp3) is 0.394. The summed E-state index contributed by atoms with van der Waals surface area (Å²) in [7, 11) is 2.05. The highest BCUT2D eigenvalue weighted by atomic mass is 16.5. The number of amides is 1. The standard InChI is InChI=1S/C33H40N6O2/c1-4-38(3)18-9-13-29(40)39-19-8-10-25(21-39)28-20-35-32(30-31(23(28)2)36-22-37-33(30)34)24-14-16-27(17-15-24)41-26-11-6-5-7-12-26/h5-7,9,11-17,22-23,25,28H,4,8,10,18-21H2,1-3H3,(H2,34,36,37). The largest absolute Gasteiger partial charge is 0.457 e. The Morgan fingerprint density at radius 1 is 1.12 bits per heavy atom. The van der Waals surface area contributed by atoms with Gasteiger partial charge in [0.1, 0.15) is 23.6 Å². The third kappa shape index (κ3) is 6.65. The molecule has 41 heavy (non-hydrogen) atoms. The third-order valence-corrected chi connectivity index (χ3v) is 8.38. The van der Waals surface area contributed by atoms with Crippen LogP contribution in [0.2, 0.25) is 0 Å². The number of nitrogens with zero attached hydrogens (tertiary/aromatic N) is 5. The summed E-state index contributed by atoms with van der Waals surface area (Å²) in [6.45, 7) is 8.21. The normalized spacial score (nSPS) is 20.9. The lowest BCUT2D eigenvalue weighted by Crippen LogP contribution is -2.43. The van der Waals surface area contributed by atoms with Gasteiger partial charge in [-0.15, -0.1) is 0 Å². The molecule has 3 heterocycles. The molecule has 8 heteroatoms. The molecular weight excluding hydrogens is 512 g/mol. The zero-order valence-electron chi connectivity index (χ0n) is 24.2. The lowest BCUT2D eigenvalue weighted by Gasteiger charge is -2.38. The summed E-state index contributed by atoms with van der Waals surface area (Å²) in [5, 5.41) is 0. The van der Waals surface area contributed by atoms with Crippen LogP contribution in [0.4, 0.5) is 5.82 Å². The van der Waals surface area contributed by atoms with E-state index in [2.05, 4.69) is 30.8 Å². The zero-order valence-corrected chi connectivity index (χ0v) is 24.2. The average molecular weight is 553 g/mol. The number of anilines is 1. The van der Waals surface area contributed by atoms with Crippen LogP contribution in [0.3, 0.4) is 0 Å². The minimum atomic E-state index is 0.0921. The monoisotopic (exact) mass is 552 g/mol. The molecule has 0 radical (unpaired) electrons. The van der Waals surface area contributed by atoms with E-state index in [0.717, 1.165) is 73.1 Å². The maximum absolute atomic E-state index is 13.0.